The third-order valence-corrected chi connectivity index (χ3v) is 20.9. The topological polar surface area (TPSA) is 284 Å². The number of rotatable bonds is 26. The second kappa shape index (κ2) is 34.2. The van der Waals surface area contributed by atoms with Crippen molar-refractivity contribution >= 4 is 112 Å². The summed E-state index contributed by atoms with van der Waals surface area (Å²) in [6, 6.07) is 57.6. The maximum absolute atomic E-state index is 12.9. The van der Waals surface area contributed by atoms with E-state index in [0.717, 1.165) is 36.5 Å². The van der Waals surface area contributed by atoms with Crippen LogP contribution in [0.4, 0.5) is 15.5 Å². The number of hydrogen-bond donors (Lipinski definition) is 0. The Labute approximate surface area is 666 Å². The summed E-state index contributed by atoms with van der Waals surface area (Å²) >= 11 is 6.91. The monoisotopic (exact) mass is 1750 g/mol. The molecule has 594 valence electrons. The van der Waals surface area contributed by atoms with Gasteiger partial charge in [0.15, 0.2) is 0 Å². The molecule has 3 unspecified atom stereocenters. The third-order valence-electron chi connectivity index (χ3n) is 18.3. The molecular formula is C75H75B3Br2F4O24S4. The van der Waals surface area contributed by atoms with Crippen molar-refractivity contribution in [2.24, 2.45) is 0 Å². The van der Waals surface area contributed by atoms with Crippen LogP contribution < -0.4 is 61.5 Å². The van der Waals surface area contributed by atoms with Crippen LogP contribution in [0.3, 0.4) is 0 Å². The Bertz CT molecular complexity index is 4950. The summed E-state index contributed by atoms with van der Waals surface area (Å²) in [7, 11) is -22.2. The summed E-state index contributed by atoms with van der Waals surface area (Å²) in [5.74, 6) is 1.47. The molecule has 3 fully saturated rings. The average Bonchev–Trinajstić information content (AvgIpc) is 1.63. The highest BCUT2D eigenvalue weighted by Gasteiger charge is 2.54. The largest absolute Gasteiger partial charge is 0.494 e. The Balaban J connectivity index is 0.000000179. The van der Waals surface area contributed by atoms with Crippen molar-refractivity contribution in [3.8, 4) is 57.5 Å². The molecule has 3 aliphatic rings. The molecule has 0 N–H and O–H groups in total. The average molecular weight is 1760 g/mol. The fourth-order valence-electron chi connectivity index (χ4n) is 10.4. The van der Waals surface area contributed by atoms with Gasteiger partial charge in [-0.05, 0) is 257 Å². The summed E-state index contributed by atoms with van der Waals surface area (Å²) in [6.45, 7) is 23.8. The molecule has 12 rings (SSSR count). The van der Waals surface area contributed by atoms with Gasteiger partial charge in [-0.15, -0.1) is 0 Å². The van der Waals surface area contributed by atoms with Gasteiger partial charge in [-0.3, -0.25) is 0 Å². The zero-order chi connectivity index (χ0) is 81.6. The van der Waals surface area contributed by atoms with Crippen LogP contribution in [-0.2, 0) is 69.9 Å². The predicted molar refractivity (Wildman–Crippen MR) is 415 cm³/mol. The first-order valence-electron chi connectivity index (χ1n) is 34.0. The highest BCUT2D eigenvalue weighted by atomic mass is 79.9. The van der Waals surface area contributed by atoms with E-state index >= 15 is 0 Å². The van der Waals surface area contributed by atoms with Crippen LogP contribution in [-0.4, -0.2) is 88.6 Å². The van der Waals surface area contributed by atoms with Gasteiger partial charge >= 0.3 is 63.4 Å². The number of benzene rings is 9. The minimum absolute atomic E-state index is 0.178. The van der Waals surface area contributed by atoms with Crippen LogP contribution in [0.2, 0.25) is 0 Å². The fourth-order valence-corrected chi connectivity index (χ4v) is 12.6. The quantitative estimate of drug-likeness (QED) is 0.0211. The van der Waals surface area contributed by atoms with E-state index in [-0.39, 0.29) is 28.7 Å². The number of ether oxygens (including phenoxy) is 6. The van der Waals surface area contributed by atoms with Crippen molar-refractivity contribution in [2.45, 2.75) is 136 Å². The van der Waals surface area contributed by atoms with E-state index < -0.39 is 116 Å². The zero-order valence-electron chi connectivity index (χ0n) is 61.9. The van der Waals surface area contributed by atoms with Gasteiger partial charge in [0.25, 0.3) is 18.9 Å². The van der Waals surface area contributed by atoms with E-state index in [9.17, 15) is 49.2 Å². The molecule has 3 aliphatic heterocycles. The lowest BCUT2D eigenvalue weighted by Gasteiger charge is -2.32. The van der Waals surface area contributed by atoms with Crippen molar-refractivity contribution in [1.82, 2.24) is 0 Å². The minimum atomic E-state index is -5.21. The number of halogens is 6. The molecule has 0 aliphatic carbocycles. The molecule has 0 aromatic heterocycles. The van der Waals surface area contributed by atoms with Crippen molar-refractivity contribution in [3.63, 3.8) is 0 Å². The molecule has 9 aromatic carbocycles. The van der Waals surface area contributed by atoms with Gasteiger partial charge in [-0.1, -0.05) is 108 Å². The van der Waals surface area contributed by atoms with Crippen molar-refractivity contribution in [1.29, 1.82) is 0 Å². The van der Waals surface area contributed by atoms with Crippen LogP contribution in [0.5, 0.6) is 57.5 Å². The van der Waals surface area contributed by atoms with Crippen LogP contribution in [0.15, 0.2) is 227 Å². The normalized spacial score (nSPS) is 17.4. The fraction of sp³-hybridized carbons (Fsp3) is 0.280. The number of hydrogen-bond acceptors (Lipinski definition) is 24. The van der Waals surface area contributed by atoms with E-state index in [1.165, 1.54) is 97.1 Å². The lowest BCUT2D eigenvalue weighted by Crippen LogP contribution is -2.41. The second-order valence-corrected chi connectivity index (χ2v) is 33.8. The van der Waals surface area contributed by atoms with Gasteiger partial charge in [0.05, 0.1) is 33.6 Å². The van der Waals surface area contributed by atoms with Crippen LogP contribution >= 0.6 is 31.9 Å². The molecule has 3 heterocycles. The standard InChI is InChI=1S/2C25H25BBrFO7S.C25H25BF2O10S2/c2*1-24(2)25(3,4)35-26(34-24)18-8-10-20(11-9-18)31-23(17-6-5-7-19(27)16-17)32-21-12-14-22(15-13-21)33-36(28,29)30;1-24(2)25(3,4)38-26(37-24)18-7-11-19(12-8-18)33-23(17-5-9-21(10-6-17)35-39(27,29)30)34-20-13-15-22(16-14-20)36-40(28,31)32/h2*5-16,23H,1-4H3;5-16,23H,1-4H3. The van der Waals surface area contributed by atoms with Crippen molar-refractivity contribution in [2.75, 3.05) is 0 Å². The van der Waals surface area contributed by atoms with Gasteiger partial charge in [0.2, 0.25) is 0 Å². The summed E-state index contributed by atoms with van der Waals surface area (Å²) < 4.78 is 228. The molecule has 24 nitrogen and oxygen atoms in total. The van der Waals surface area contributed by atoms with Gasteiger partial charge in [0.1, 0.15) is 57.5 Å². The highest BCUT2D eigenvalue weighted by molar-refractivity contribution is 9.10. The smallest absolute Gasteiger partial charge is 0.451 e. The van der Waals surface area contributed by atoms with E-state index in [1.807, 2.05) is 156 Å². The molecule has 9 aromatic rings. The Morgan fingerprint density at radius 3 is 0.643 bits per heavy atom. The SMILES string of the molecule is CC1(C)OB(c2ccc(OC(Oc3ccc(OS(=O)(=O)F)cc3)c3ccc(OS(=O)(=O)F)cc3)cc2)OC1(C)C.CC1(C)OB(c2ccc(OC(Oc3ccc(OS(=O)(=O)F)cc3)c3cccc(Br)c3)cc2)OC1(C)C.CC1(C)OB(c2ccc(OC(Oc3ccc(OS(=O)(=O)F)cc3)c3cccc(Br)c3)cc2)OC1(C)C. The van der Waals surface area contributed by atoms with E-state index in [4.69, 9.17) is 56.3 Å². The lowest BCUT2D eigenvalue weighted by molar-refractivity contribution is 0.00348. The van der Waals surface area contributed by atoms with E-state index in [2.05, 4.69) is 48.6 Å². The molecule has 112 heavy (non-hydrogen) atoms. The van der Waals surface area contributed by atoms with Gasteiger partial charge < -0.3 is 73.1 Å². The van der Waals surface area contributed by atoms with Gasteiger partial charge in [-0.2, -0.15) is 33.7 Å². The first-order valence-corrected chi connectivity index (χ1v) is 40.8. The third kappa shape index (κ3) is 24.0. The summed E-state index contributed by atoms with van der Waals surface area (Å²) in [6.07, 6.45) is -2.82. The molecule has 0 amide bonds. The lowest BCUT2D eigenvalue weighted by atomic mass is 9.79. The molecule has 3 saturated heterocycles. The Morgan fingerprint density at radius 2 is 0.446 bits per heavy atom. The second-order valence-electron chi connectivity index (χ2n) is 28.2. The molecule has 0 spiro atoms. The maximum atomic E-state index is 12.9. The molecule has 37 heteroatoms. The van der Waals surface area contributed by atoms with Crippen molar-refractivity contribution < 1.29 is 122 Å². The summed E-state index contributed by atoms with van der Waals surface area (Å²) in [5, 5.41) is 0. The first-order chi connectivity index (χ1) is 52.1. The van der Waals surface area contributed by atoms with Crippen LogP contribution in [0, 0.1) is 0 Å². The summed E-state index contributed by atoms with van der Waals surface area (Å²) in [4.78, 5) is 0. The molecular weight excluding hydrogens is 1680 g/mol. The molecule has 0 saturated carbocycles. The Hall–Kier alpha value is -8.59. The molecule has 0 radical (unpaired) electrons. The van der Waals surface area contributed by atoms with Crippen molar-refractivity contribution in [3.05, 3.63) is 244 Å². The molecule has 0 bridgehead atoms. The highest BCUT2D eigenvalue weighted by Crippen LogP contribution is 2.41. The van der Waals surface area contributed by atoms with Crippen LogP contribution in [0.1, 0.15) is 119 Å². The van der Waals surface area contributed by atoms with E-state index in [0.29, 0.717) is 34.3 Å². The first kappa shape index (κ1) is 85.8. The minimum Gasteiger partial charge on any atom is -0.451 e. The maximum Gasteiger partial charge on any atom is 0.494 e. The zero-order valence-corrected chi connectivity index (χ0v) is 68.4. The Morgan fingerprint density at radius 1 is 0.268 bits per heavy atom. The van der Waals surface area contributed by atoms with Gasteiger partial charge in [0, 0.05) is 25.6 Å². The summed E-state index contributed by atoms with van der Waals surface area (Å²) in [5.41, 5.74) is 1.51. The predicted octanol–water partition coefficient (Wildman–Crippen LogP) is 15.3. The van der Waals surface area contributed by atoms with E-state index in [1.54, 1.807) is 48.5 Å². The van der Waals surface area contributed by atoms with Crippen LogP contribution in [0.25, 0.3) is 0 Å². The molecule has 3 atom stereocenters. The van der Waals surface area contributed by atoms with Gasteiger partial charge in [-0.25, -0.2) is 0 Å². The Kier molecular flexibility index (Phi) is 26.2.